The molecule has 1 aliphatic rings. The highest BCUT2D eigenvalue weighted by molar-refractivity contribution is 5.87. The second-order valence-corrected chi connectivity index (χ2v) is 3.25. The van der Waals surface area contributed by atoms with E-state index in [1.807, 2.05) is 6.08 Å². The summed E-state index contributed by atoms with van der Waals surface area (Å²) in [4.78, 5) is 11.0. The Hall–Kier alpha value is -0.830. The first-order valence-corrected chi connectivity index (χ1v) is 4.62. The molecular formula is C10H16O3. The molecule has 0 amide bonds. The van der Waals surface area contributed by atoms with Crippen molar-refractivity contribution in [3.05, 3.63) is 11.6 Å². The molecule has 0 aromatic carbocycles. The molecule has 74 valence electrons. The first-order chi connectivity index (χ1) is 6.24. The lowest BCUT2D eigenvalue weighted by molar-refractivity contribution is -0.136. The van der Waals surface area contributed by atoms with Crippen molar-refractivity contribution in [2.24, 2.45) is 0 Å². The van der Waals surface area contributed by atoms with E-state index >= 15 is 0 Å². The molecular weight excluding hydrogens is 168 g/mol. The van der Waals surface area contributed by atoms with Crippen LogP contribution in [0, 0.1) is 0 Å². The van der Waals surface area contributed by atoms with E-state index in [-0.39, 0.29) is 12.1 Å². The molecule has 1 rings (SSSR count). The van der Waals surface area contributed by atoms with Crippen molar-refractivity contribution in [3.8, 4) is 0 Å². The van der Waals surface area contributed by atoms with Crippen molar-refractivity contribution >= 4 is 5.97 Å². The number of methoxy groups -OCH3 is 1. The highest BCUT2D eigenvalue weighted by Gasteiger charge is 2.13. The molecule has 0 aliphatic carbocycles. The Bertz CT molecular complexity index is 202. The maximum absolute atomic E-state index is 11.0. The van der Waals surface area contributed by atoms with Crippen LogP contribution in [0.25, 0.3) is 0 Å². The molecule has 0 bridgehead atoms. The fraction of sp³-hybridized carbons (Fsp3) is 0.700. The third-order valence-electron chi connectivity index (χ3n) is 2.16. The van der Waals surface area contributed by atoms with Crippen LogP contribution in [0.2, 0.25) is 0 Å². The van der Waals surface area contributed by atoms with Gasteiger partial charge in [0.1, 0.15) is 0 Å². The maximum Gasteiger partial charge on any atom is 0.333 e. The lowest BCUT2D eigenvalue weighted by Gasteiger charge is -2.19. The van der Waals surface area contributed by atoms with Gasteiger partial charge in [0.15, 0.2) is 0 Å². The van der Waals surface area contributed by atoms with Crippen molar-refractivity contribution in [2.75, 3.05) is 13.7 Å². The fourth-order valence-electron chi connectivity index (χ4n) is 1.40. The summed E-state index contributed by atoms with van der Waals surface area (Å²) in [6.07, 6.45) is 5.27. The minimum atomic E-state index is -0.269. The topological polar surface area (TPSA) is 35.5 Å². The zero-order chi connectivity index (χ0) is 9.68. The van der Waals surface area contributed by atoms with Crippen molar-refractivity contribution in [2.45, 2.75) is 32.3 Å². The summed E-state index contributed by atoms with van der Waals surface area (Å²) < 4.78 is 10.0. The summed E-state index contributed by atoms with van der Waals surface area (Å²) in [5, 5.41) is 0. The molecule has 1 fully saturated rings. The van der Waals surface area contributed by atoms with Crippen molar-refractivity contribution in [1.29, 1.82) is 0 Å². The lowest BCUT2D eigenvalue weighted by Crippen LogP contribution is -2.18. The van der Waals surface area contributed by atoms with Crippen LogP contribution in [-0.4, -0.2) is 25.8 Å². The smallest absolute Gasteiger partial charge is 0.333 e. The van der Waals surface area contributed by atoms with Crippen molar-refractivity contribution in [3.63, 3.8) is 0 Å². The Morgan fingerprint density at radius 1 is 1.54 bits per heavy atom. The van der Waals surface area contributed by atoms with Gasteiger partial charge in [0.05, 0.1) is 13.2 Å². The van der Waals surface area contributed by atoms with Crippen LogP contribution < -0.4 is 0 Å². The van der Waals surface area contributed by atoms with E-state index < -0.39 is 0 Å². The molecule has 1 heterocycles. The standard InChI is InChI=1S/C10H16O3/c1-8(10(11)12-2)7-9-5-3-4-6-13-9/h7,9H,3-6H2,1-2H3. The zero-order valence-corrected chi connectivity index (χ0v) is 8.21. The van der Waals surface area contributed by atoms with Crippen molar-refractivity contribution in [1.82, 2.24) is 0 Å². The Morgan fingerprint density at radius 2 is 2.31 bits per heavy atom. The number of esters is 1. The third kappa shape index (κ3) is 3.19. The van der Waals surface area contributed by atoms with Gasteiger partial charge in [-0.25, -0.2) is 4.79 Å². The Labute approximate surface area is 78.7 Å². The predicted molar refractivity (Wildman–Crippen MR) is 49.4 cm³/mol. The third-order valence-corrected chi connectivity index (χ3v) is 2.16. The average molecular weight is 184 g/mol. The Kier molecular flexibility index (Phi) is 3.96. The maximum atomic E-state index is 11.0. The second kappa shape index (κ2) is 5.02. The van der Waals surface area contributed by atoms with Gasteiger partial charge in [0.25, 0.3) is 0 Å². The van der Waals surface area contributed by atoms with Gasteiger partial charge in [-0.3, -0.25) is 0 Å². The van der Waals surface area contributed by atoms with Gasteiger partial charge in [-0.2, -0.15) is 0 Å². The monoisotopic (exact) mass is 184 g/mol. The minimum Gasteiger partial charge on any atom is -0.466 e. The van der Waals surface area contributed by atoms with E-state index in [4.69, 9.17) is 4.74 Å². The summed E-state index contributed by atoms with van der Waals surface area (Å²) in [5.74, 6) is -0.269. The van der Waals surface area contributed by atoms with Crippen LogP contribution in [0.15, 0.2) is 11.6 Å². The molecule has 0 aromatic rings. The van der Waals surface area contributed by atoms with Crippen LogP contribution >= 0.6 is 0 Å². The summed E-state index contributed by atoms with van der Waals surface area (Å²) in [7, 11) is 1.39. The van der Waals surface area contributed by atoms with Crippen LogP contribution in [0.3, 0.4) is 0 Å². The molecule has 0 spiro atoms. The molecule has 3 nitrogen and oxygen atoms in total. The molecule has 1 saturated heterocycles. The van der Waals surface area contributed by atoms with E-state index in [9.17, 15) is 4.79 Å². The molecule has 1 aliphatic heterocycles. The van der Waals surface area contributed by atoms with Crippen LogP contribution in [0.1, 0.15) is 26.2 Å². The summed E-state index contributed by atoms with van der Waals surface area (Å²) >= 11 is 0. The van der Waals surface area contributed by atoms with E-state index in [1.165, 1.54) is 13.5 Å². The molecule has 0 aromatic heterocycles. The van der Waals surface area contributed by atoms with Gasteiger partial charge >= 0.3 is 5.97 Å². The molecule has 0 radical (unpaired) electrons. The number of carbonyl (C=O) groups excluding carboxylic acids is 1. The Balaban J connectivity index is 2.47. The van der Waals surface area contributed by atoms with Crippen LogP contribution in [0.5, 0.6) is 0 Å². The highest BCUT2D eigenvalue weighted by Crippen LogP contribution is 2.15. The molecule has 3 heteroatoms. The summed E-state index contributed by atoms with van der Waals surface area (Å²) in [5.41, 5.74) is 0.634. The van der Waals surface area contributed by atoms with E-state index in [0.717, 1.165) is 19.4 Å². The number of ether oxygens (including phenoxy) is 2. The summed E-state index contributed by atoms with van der Waals surface area (Å²) in [6, 6.07) is 0. The van der Waals surface area contributed by atoms with Crippen LogP contribution in [-0.2, 0) is 14.3 Å². The van der Waals surface area contributed by atoms with Gasteiger partial charge in [-0.1, -0.05) is 0 Å². The first-order valence-electron chi connectivity index (χ1n) is 4.62. The molecule has 1 atom stereocenters. The van der Waals surface area contributed by atoms with Gasteiger partial charge in [0, 0.05) is 12.2 Å². The zero-order valence-electron chi connectivity index (χ0n) is 8.21. The van der Waals surface area contributed by atoms with Gasteiger partial charge in [-0.15, -0.1) is 0 Å². The number of rotatable bonds is 2. The van der Waals surface area contributed by atoms with Gasteiger partial charge < -0.3 is 9.47 Å². The van der Waals surface area contributed by atoms with Crippen molar-refractivity contribution < 1.29 is 14.3 Å². The molecule has 1 unspecified atom stereocenters. The molecule has 0 saturated carbocycles. The molecule has 0 N–H and O–H groups in total. The van der Waals surface area contributed by atoms with E-state index in [1.54, 1.807) is 6.92 Å². The summed E-state index contributed by atoms with van der Waals surface area (Å²) in [6.45, 7) is 2.55. The first kappa shape index (κ1) is 10.3. The number of hydrogen-bond donors (Lipinski definition) is 0. The minimum absolute atomic E-state index is 0.104. The highest BCUT2D eigenvalue weighted by atomic mass is 16.5. The number of carbonyl (C=O) groups is 1. The van der Waals surface area contributed by atoms with Crippen LogP contribution in [0.4, 0.5) is 0 Å². The number of hydrogen-bond acceptors (Lipinski definition) is 3. The fourth-order valence-corrected chi connectivity index (χ4v) is 1.40. The average Bonchev–Trinajstić information content (AvgIpc) is 2.18. The largest absolute Gasteiger partial charge is 0.466 e. The Morgan fingerprint density at radius 3 is 2.85 bits per heavy atom. The second-order valence-electron chi connectivity index (χ2n) is 3.25. The normalized spacial score (nSPS) is 24.2. The van der Waals surface area contributed by atoms with E-state index in [2.05, 4.69) is 4.74 Å². The molecule has 13 heavy (non-hydrogen) atoms. The SMILES string of the molecule is COC(=O)C(C)=CC1CCCCO1. The van der Waals surface area contributed by atoms with Gasteiger partial charge in [-0.05, 0) is 32.3 Å². The lowest BCUT2D eigenvalue weighted by atomic mass is 10.1. The van der Waals surface area contributed by atoms with E-state index in [0.29, 0.717) is 5.57 Å². The van der Waals surface area contributed by atoms with Gasteiger partial charge in [0.2, 0.25) is 0 Å². The quantitative estimate of drug-likeness (QED) is 0.484. The predicted octanol–water partition coefficient (Wildman–Crippen LogP) is 1.67.